The first-order valence-electron chi connectivity index (χ1n) is 6.81. The van der Waals surface area contributed by atoms with Crippen LogP contribution in [0, 0.1) is 0 Å². The number of likely N-dealkylation sites (N-methyl/N-ethyl adjacent to an activating group) is 1. The van der Waals surface area contributed by atoms with Crippen LogP contribution >= 0.6 is 11.8 Å². The zero-order chi connectivity index (χ0) is 16.4. The van der Waals surface area contributed by atoms with E-state index in [0.29, 0.717) is 11.6 Å². The molecular weight excluding hydrogens is 308 g/mol. The number of rotatable bonds is 4. The fourth-order valence-electron chi connectivity index (χ4n) is 2.05. The van der Waals surface area contributed by atoms with Crippen molar-refractivity contribution in [1.29, 1.82) is 0 Å². The number of hydrogen-bond acceptors (Lipinski definition) is 5. The van der Waals surface area contributed by atoms with E-state index in [0.717, 1.165) is 0 Å². The van der Waals surface area contributed by atoms with Crippen LogP contribution in [0.15, 0.2) is 16.5 Å². The van der Waals surface area contributed by atoms with E-state index < -0.39 is 17.9 Å². The fraction of sp³-hybridized carbons (Fsp3) is 0.500. The number of carboxylic acid groups (broad SMARTS) is 1. The summed E-state index contributed by atoms with van der Waals surface area (Å²) >= 11 is 1.48. The Morgan fingerprint density at radius 1 is 1.36 bits per heavy atom. The first-order chi connectivity index (χ1) is 10.3. The summed E-state index contributed by atoms with van der Waals surface area (Å²) in [5.41, 5.74) is 0. The van der Waals surface area contributed by atoms with Gasteiger partial charge in [-0.15, -0.1) is 11.8 Å². The topological polar surface area (TPSA) is 91.1 Å². The van der Waals surface area contributed by atoms with Gasteiger partial charge in [-0.05, 0) is 26.0 Å². The highest BCUT2D eigenvalue weighted by Gasteiger charge is 2.38. The quantitative estimate of drug-likeness (QED) is 0.898. The lowest BCUT2D eigenvalue weighted by Crippen LogP contribution is -2.49. The van der Waals surface area contributed by atoms with Crippen LogP contribution < -0.4 is 0 Å². The Bertz CT molecular complexity index is 598. The standard InChI is InChI=1S/C14H18N2O5S/c1-8(2)15(3)12(17)9-6-22-7-16(9)13(18)10-4-5-11(21-10)14(19)20/h4-5,8-9H,6-7H2,1-3H3,(H,19,20). The molecular formula is C14H18N2O5S. The number of nitrogens with zero attached hydrogens (tertiary/aromatic N) is 2. The number of furan rings is 1. The van der Waals surface area contributed by atoms with E-state index in [1.807, 2.05) is 13.8 Å². The first-order valence-corrected chi connectivity index (χ1v) is 7.97. The van der Waals surface area contributed by atoms with Gasteiger partial charge in [-0.25, -0.2) is 4.79 Å². The van der Waals surface area contributed by atoms with Crippen molar-refractivity contribution in [3.8, 4) is 0 Å². The van der Waals surface area contributed by atoms with Crippen LogP contribution in [-0.2, 0) is 4.79 Å². The van der Waals surface area contributed by atoms with Crippen molar-refractivity contribution < 1.29 is 23.9 Å². The largest absolute Gasteiger partial charge is 0.475 e. The predicted molar refractivity (Wildman–Crippen MR) is 80.9 cm³/mol. The molecule has 1 N–H and O–H groups in total. The molecule has 2 heterocycles. The average molecular weight is 326 g/mol. The predicted octanol–water partition coefficient (Wildman–Crippen LogP) is 1.36. The number of amides is 2. The number of aromatic carboxylic acids is 1. The number of hydrogen-bond donors (Lipinski definition) is 1. The van der Waals surface area contributed by atoms with Crippen molar-refractivity contribution in [1.82, 2.24) is 9.80 Å². The summed E-state index contributed by atoms with van der Waals surface area (Å²) < 4.78 is 5.03. The monoisotopic (exact) mass is 326 g/mol. The molecule has 1 atom stereocenters. The van der Waals surface area contributed by atoms with Gasteiger partial charge in [0.1, 0.15) is 6.04 Å². The Morgan fingerprint density at radius 3 is 2.55 bits per heavy atom. The van der Waals surface area contributed by atoms with Crippen LogP contribution in [0.3, 0.4) is 0 Å². The van der Waals surface area contributed by atoms with Gasteiger partial charge >= 0.3 is 5.97 Å². The van der Waals surface area contributed by atoms with Crippen molar-refractivity contribution in [3.63, 3.8) is 0 Å². The maximum atomic E-state index is 12.4. The third kappa shape index (κ3) is 3.11. The molecule has 7 nitrogen and oxygen atoms in total. The third-order valence-corrected chi connectivity index (χ3v) is 4.59. The molecule has 1 unspecified atom stereocenters. The summed E-state index contributed by atoms with van der Waals surface area (Å²) in [6.07, 6.45) is 0. The molecule has 1 saturated heterocycles. The Kier molecular flexibility index (Phi) is 4.80. The molecule has 0 spiro atoms. The molecule has 0 bridgehead atoms. The highest BCUT2D eigenvalue weighted by Crippen LogP contribution is 2.25. The Morgan fingerprint density at radius 2 is 2.00 bits per heavy atom. The number of carboxylic acids is 1. The summed E-state index contributed by atoms with van der Waals surface area (Å²) in [6.45, 7) is 3.80. The lowest BCUT2D eigenvalue weighted by Gasteiger charge is -2.29. The van der Waals surface area contributed by atoms with Crippen molar-refractivity contribution in [3.05, 3.63) is 23.7 Å². The second-order valence-corrected chi connectivity index (χ2v) is 6.30. The van der Waals surface area contributed by atoms with Crippen LogP contribution in [0.5, 0.6) is 0 Å². The van der Waals surface area contributed by atoms with E-state index in [1.165, 1.54) is 28.8 Å². The van der Waals surface area contributed by atoms with E-state index in [2.05, 4.69) is 0 Å². The second-order valence-electron chi connectivity index (χ2n) is 5.30. The van der Waals surface area contributed by atoms with E-state index in [-0.39, 0.29) is 23.5 Å². The SMILES string of the molecule is CC(C)N(C)C(=O)C1CSCN1C(=O)c1ccc(C(=O)O)o1. The molecule has 2 rings (SSSR count). The average Bonchev–Trinajstić information content (AvgIpc) is 3.13. The van der Waals surface area contributed by atoms with Gasteiger partial charge in [-0.3, -0.25) is 9.59 Å². The summed E-state index contributed by atoms with van der Waals surface area (Å²) in [4.78, 5) is 38.7. The molecule has 120 valence electrons. The van der Waals surface area contributed by atoms with Crippen LogP contribution in [0.4, 0.5) is 0 Å². The van der Waals surface area contributed by atoms with Crippen molar-refractivity contribution in [2.45, 2.75) is 25.9 Å². The number of carbonyl (C=O) groups is 3. The molecule has 0 radical (unpaired) electrons. The van der Waals surface area contributed by atoms with E-state index in [9.17, 15) is 14.4 Å². The van der Waals surface area contributed by atoms with Gasteiger partial charge in [-0.1, -0.05) is 0 Å². The highest BCUT2D eigenvalue weighted by atomic mass is 32.2. The molecule has 0 aromatic carbocycles. The van der Waals surface area contributed by atoms with Crippen LogP contribution in [0.25, 0.3) is 0 Å². The van der Waals surface area contributed by atoms with Gasteiger partial charge in [0.25, 0.3) is 5.91 Å². The van der Waals surface area contributed by atoms with Gasteiger partial charge in [0.15, 0.2) is 5.76 Å². The molecule has 0 saturated carbocycles. The maximum absolute atomic E-state index is 12.4. The normalized spacial score (nSPS) is 17.8. The summed E-state index contributed by atoms with van der Waals surface area (Å²) in [7, 11) is 1.70. The molecule has 1 aliphatic heterocycles. The molecule has 1 aliphatic rings. The van der Waals surface area contributed by atoms with Gasteiger partial charge in [-0.2, -0.15) is 0 Å². The van der Waals surface area contributed by atoms with E-state index in [1.54, 1.807) is 11.9 Å². The number of carbonyl (C=O) groups excluding carboxylic acids is 2. The lowest BCUT2D eigenvalue weighted by atomic mass is 10.2. The molecule has 1 fully saturated rings. The minimum Gasteiger partial charge on any atom is -0.475 e. The van der Waals surface area contributed by atoms with Crippen LogP contribution in [0.1, 0.15) is 35.0 Å². The zero-order valence-electron chi connectivity index (χ0n) is 12.6. The van der Waals surface area contributed by atoms with Gasteiger partial charge < -0.3 is 19.3 Å². The summed E-state index contributed by atoms with van der Waals surface area (Å²) in [5, 5.41) is 8.84. The van der Waals surface area contributed by atoms with Crippen LogP contribution in [-0.4, -0.2) is 63.5 Å². The van der Waals surface area contributed by atoms with E-state index in [4.69, 9.17) is 9.52 Å². The minimum atomic E-state index is -1.23. The Labute approximate surface area is 132 Å². The van der Waals surface area contributed by atoms with Gasteiger partial charge in [0, 0.05) is 18.8 Å². The minimum absolute atomic E-state index is 0.0391. The Hall–Kier alpha value is -1.96. The molecule has 1 aromatic rings. The Balaban J connectivity index is 2.17. The molecule has 0 aliphatic carbocycles. The molecule has 1 aromatic heterocycles. The van der Waals surface area contributed by atoms with Gasteiger partial charge in [0.2, 0.25) is 11.7 Å². The van der Waals surface area contributed by atoms with Crippen molar-refractivity contribution in [2.75, 3.05) is 18.7 Å². The lowest BCUT2D eigenvalue weighted by molar-refractivity contribution is -0.135. The molecule has 22 heavy (non-hydrogen) atoms. The second kappa shape index (κ2) is 6.43. The fourth-order valence-corrected chi connectivity index (χ4v) is 3.19. The van der Waals surface area contributed by atoms with Crippen molar-refractivity contribution >= 4 is 29.5 Å². The highest BCUT2D eigenvalue weighted by molar-refractivity contribution is 7.99. The first kappa shape index (κ1) is 16.4. The summed E-state index contributed by atoms with van der Waals surface area (Å²) in [6, 6.07) is 2.04. The van der Waals surface area contributed by atoms with Crippen LogP contribution in [0.2, 0.25) is 0 Å². The smallest absolute Gasteiger partial charge is 0.371 e. The molecule has 2 amide bonds. The number of thioether (sulfide) groups is 1. The maximum Gasteiger partial charge on any atom is 0.371 e. The van der Waals surface area contributed by atoms with Gasteiger partial charge in [0.05, 0.1) is 5.88 Å². The van der Waals surface area contributed by atoms with E-state index >= 15 is 0 Å². The molecule has 8 heteroatoms. The zero-order valence-corrected chi connectivity index (χ0v) is 13.4. The van der Waals surface area contributed by atoms with Crippen molar-refractivity contribution in [2.24, 2.45) is 0 Å². The third-order valence-electron chi connectivity index (χ3n) is 3.58. The summed E-state index contributed by atoms with van der Waals surface area (Å²) in [5.74, 6) is -1.28.